The molecule has 0 spiro atoms. The van der Waals surface area contributed by atoms with Crippen molar-refractivity contribution in [3.8, 4) is 5.82 Å². The summed E-state index contributed by atoms with van der Waals surface area (Å²) in [6.07, 6.45) is 5.89. The maximum Gasteiger partial charge on any atom is 0.162 e. The van der Waals surface area contributed by atoms with Gasteiger partial charge in [-0.05, 0) is 12.5 Å². The number of carbonyl (C=O) groups excluding carboxylic acids is 1. The Hall–Kier alpha value is -1.91. The predicted molar refractivity (Wildman–Crippen MR) is 50.5 cm³/mol. The molecule has 0 bridgehead atoms. The summed E-state index contributed by atoms with van der Waals surface area (Å²) < 4.78 is 3.27. The standard InChI is InChI=1S/C9H10N4O/c1-7-3-11-13(5-7)9-8(6-14)4-10-12(9)2/h3-6H,1-2H3. The fourth-order valence-corrected chi connectivity index (χ4v) is 1.34. The summed E-state index contributed by atoms with van der Waals surface area (Å²) in [5, 5.41) is 8.12. The monoisotopic (exact) mass is 190 g/mol. The smallest absolute Gasteiger partial charge is 0.162 e. The molecule has 2 heterocycles. The number of carbonyl (C=O) groups is 1. The van der Waals surface area contributed by atoms with E-state index in [1.54, 1.807) is 22.6 Å². The zero-order chi connectivity index (χ0) is 10.1. The molecule has 0 N–H and O–H groups in total. The van der Waals surface area contributed by atoms with Gasteiger partial charge in [-0.15, -0.1) is 0 Å². The molecule has 14 heavy (non-hydrogen) atoms. The Bertz CT molecular complexity index is 469. The Morgan fingerprint density at radius 3 is 2.71 bits per heavy atom. The van der Waals surface area contributed by atoms with Crippen LogP contribution in [0.4, 0.5) is 0 Å². The summed E-state index contributed by atoms with van der Waals surface area (Å²) in [6.45, 7) is 1.94. The Balaban J connectivity index is 2.59. The lowest BCUT2D eigenvalue weighted by molar-refractivity contribution is 0.112. The number of hydrogen-bond donors (Lipinski definition) is 0. The first-order chi connectivity index (χ1) is 6.72. The average molecular weight is 190 g/mol. The highest BCUT2D eigenvalue weighted by Gasteiger charge is 2.09. The van der Waals surface area contributed by atoms with Crippen molar-refractivity contribution in [3.63, 3.8) is 0 Å². The zero-order valence-electron chi connectivity index (χ0n) is 8.01. The molecular formula is C9H10N4O. The summed E-state index contributed by atoms with van der Waals surface area (Å²) in [5.41, 5.74) is 1.58. The van der Waals surface area contributed by atoms with Crippen molar-refractivity contribution >= 4 is 6.29 Å². The van der Waals surface area contributed by atoms with Gasteiger partial charge in [0.2, 0.25) is 0 Å². The van der Waals surface area contributed by atoms with E-state index in [0.29, 0.717) is 11.4 Å². The van der Waals surface area contributed by atoms with Gasteiger partial charge < -0.3 is 0 Å². The molecule has 0 radical (unpaired) electrons. The molecule has 0 aliphatic carbocycles. The molecule has 0 atom stereocenters. The van der Waals surface area contributed by atoms with Crippen LogP contribution in [-0.2, 0) is 7.05 Å². The van der Waals surface area contributed by atoms with E-state index in [4.69, 9.17) is 0 Å². The van der Waals surface area contributed by atoms with Crippen LogP contribution >= 0.6 is 0 Å². The van der Waals surface area contributed by atoms with Crippen LogP contribution in [0, 0.1) is 6.92 Å². The van der Waals surface area contributed by atoms with Gasteiger partial charge in [-0.3, -0.25) is 9.48 Å². The van der Waals surface area contributed by atoms with Crippen LogP contribution in [-0.4, -0.2) is 25.8 Å². The molecule has 5 nitrogen and oxygen atoms in total. The average Bonchev–Trinajstić information content (AvgIpc) is 2.71. The third-order valence-corrected chi connectivity index (χ3v) is 1.99. The molecule has 2 aromatic rings. The van der Waals surface area contributed by atoms with Crippen LogP contribution in [0.3, 0.4) is 0 Å². The topological polar surface area (TPSA) is 52.7 Å². The van der Waals surface area contributed by atoms with Crippen molar-refractivity contribution in [1.82, 2.24) is 19.6 Å². The second-order valence-corrected chi connectivity index (χ2v) is 3.13. The number of rotatable bonds is 2. The van der Waals surface area contributed by atoms with Gasteiger partial charge in [-0.25, -0.2) is 4.68 Å². The summed E-state index contributed by atoms with van der Waals surface area (Å²) in [7, 11) is 1.78. The van der Waals surface area contributed by atoms with Crippen molar-refractivity contribution in [1.29, 1.82) is 0 Å². The van der Waals surface area contributed by atoms with E-state index in [-0.39, 0.29) is 0 Å². The lowest BCUT2D eigenvalue weighted by Crippen LogP contribution is -2.05. The number of aryl methyl sites for hydroxylation is 2. The van der Waals surface area contributed by atoms with Gasteiger partial charge in [0, 0.05) is 13.2 Å². The maximum atomic E-state index is 10.7. The second-order valence-electron chi connectivity index (χ2n) is 3.13. The molecule has 0 aliphatic rings. The van der Waals surface area contributed by atoms with Crippen molar-refractivity contribution in [2.24, 2.45) is 7.05 Å². The van der Waals surface area contributed by atoms with E-state index >= 15 is 0 Å². The Labute approximate surface area is 81.0 Å². The fourth-order valence-electron chi connectivity index (χ4n) is 1.34. The molecule has 0 saturated carbocycles. The SMILES string of the molecule is Cc1cnn(-c2c(C=O)cnn2C)c1. The van der Waals surface area contributed by atoms with Gasteiger partial charge in [0.05, 0.1) is 18.0 Å². The molecule has 0 saturated heterocycles. The number of nitrogens with zero attached hydrogens (tertiary/aromatic N) is 4. The van der Waals surface area contributed by atoms with Crippen molar-refractivity contribution in [3.05, 3.63) is 29.7 Å². The fraction of sp³-hybridized carbons (Fsp3) is 0.222. The molecule has 0 aliphatic heterocycles. The van der Waals surface area contributed by atoms with E-state index in [2.05, 4.69) is 10.2 Å². The molecule has 5 heteroatoms. The zero-order valence-corrected chi connectivity index (χ0v) is 8.01. The van der Waals surface area contributed by atoms with E-state index in [0.717, 1.165) is 11.8 Å². The van der Waals surface area contributed by atoms with Crippen LogP contribution in [0.5, 0.6) is 0 Å². The Morgan fingerprint density at radius 2 is 2.14 bits per heavy atom. The minimum absolute atomic E-state index is 0.538. The molecular weight excluding hydrogens is 180 g/mol. The van der Waals surface area contributed by atoms with Crippen LogP contribution < -0.4 is 0 Å². The minimum atomic E-state index is 0.538. The van der Waals surface area contributed by atoms with Crippen LogP contribution in [0.15, 0.2) is 18.6 Å². The molecule has 2 aromatic heterocycles. The molecule has 0 fully saturated rings. The maximum absolute atomic E-state index is 10.7. The van der Waals surface area contributed by atoms with Gasteiger partial charge in [0.1, 0.15) is 0 Å². The van der Waals surface area contributed by atoms with Gasteiger partial charge in [0.25, 0.3) is 0 Å². The molecule has 0 amide bonds. The number of aldehydes is 1. The third kappa shape index (κ3) is 1.22. The van der Waals surface area contributed by atoms with Crippen molar-refractivity contribution < 1.29 is 4.79 Å². The van der Waals surface area contributed by atoms with E-state index < -0.39 is 0 Å². The first kappa shape index (κ1) is 8.68. The predicted octanol–water partition coefficient (Wildman–Crippen LogP) is 0.727. The Morgan fingerprint density at radius 1 is 1.36 bits per heavy atom. The first-order valence-corrected chi connectivity index (χ1v) is 4.21. The van der Waals surface area contributed by atoms with Gasteiger partial charge in [-0.2, -0.15) is 10.2 Å². The number of aromatic nitrogens is 4. The minimum Gasteiger partial charge on any atom is -0.298 e. The van der Waals surface area contributed by atoms with E-state index in [1.165, 1.54) is 6.20 Å². The summed E-state index contributed by atoms with van der Waals surface area (Å²) in [6, 6.07) is 0. The summed E-state index contributed by atoms with van der Waals surface area (Å²) >= 11 is 0. The Kier molecular flexibility index (Phi) is 1.92. The highest BCUT2D eigenvalue weighted by atomic mass is 16.1. The summed E-state index contributed by atoms with van der Waals surface area (Å²) in [4.78, 5) is 10.7. The van der Waals surface area contributed by atoms with Gasteiger partial charge in [0.15, 0.2) is 12.1 Å². The van der Waals surface area contributed by atoms with Gasteiger partial charge >= 0.3 is 0 Å². The number of hydrogen-bond acceptors (Lipinski definition) is 3. The van der Waals surface area contributed by atoms with Crippen LogP contribution in [0.1, 0.15) is 15.9 Å². The molecule has 0 aromatic carbocycles. The van der Waals surface area contributed by atoms with Crippen molar-refractivity contribution in [2.45, 2.75) is 6.92 Å². The van der Waals surface area contributed by atoms with Gasteiger partial charge in [-0.1, -0.05) is 0 Å². The molecule has 72 valence electrons. The largest absolute Gasteiger partial charge is 0.298 e. The van der Waals surface area contributed by atoms with Crippen LogP contribution in [0.25, 0.3) is 5.82 Å². The van der Waals surface area contributed by atoms with E-state index in [9.17, 15) is 4.79 Å². The quantitative estimate of drug-likeness (QED) is 0.656. The van der Waals surface area contributed by atoms with E-state index in [1.807, 2.05) is 13.1 Å². The highest BCUT2D eigenvalue weighted by Crippen LogP contribution is 2.10. The second kappa shape index (κ2) is 3.10. The normalized spacial score (nSPS) is 10.4. The van der Waals surface area contributed by atoms with Crippen molar-refractivity contribution in [2.75, 3.05) is 0 Å². The third-order valence-electron chi connectivity index (χ3n) is 1.99. The molecule has 2 rings (SSSR count). The molecule has 0 unspecified atom stereocenters. The highest BCUT2D eigenvalue weighted by molar-refractivity contribution is 5.79. The first-order valence-electron chi connectivity index (χ1n) is 4.21. The van der Waals surface area contributed by atoms with Crippen LogP contribution in [0.2, 0.25) is 0 Å². The lowest BCUT2D eigenvalue weighted by atomic mass is 10.3. The lowest BCUT2D eigenvalue weighted by Gasteiger charge is -2.01. The summed E-state index contributed by atoms with van der Waals surface area (Å²) in [5.74, 6) is 0.688.